The maximum Gasteiger partial charge on any atom is 0.287 e. The number of hydrazone groups is 1. The van der Waals surface area contributed by atoms with Crippen molar-refractivity contribution in [2.24, 2.45) is 5.10 Å². The van der Waals surface area contributed by atoms with Crippen molar-refractivity contribution in [3.8, 4) is 0 Å². The van der Waals surface area contributed by atoms with E-state index in [2.05, 4.69) is 41.5 Å². The molecule has 1 aromatic carbocycles. The van der Waals surface area contributed by atoms with Gasteiger partial charge in [-0.3, -0.25) is 15.5 Å². The Labute approximate surface area is 122 Å². The number of rotatable bonds is 5. The van der Waals surface area contributed by atoms with Gasteiger partial charge in [0.15, 0.2) is 0 Å². The zero-order valence-electron chi connectivity index (χ0n) is 11.9. The molecule has 0 aliphatic rings. The van der Waals surface area contributed by atoms with E-state index in [0.717, 1.165) is 5.56 Å². The Morgan fingerprint density at radius 1 is 1.24 bits per heavy atom. The fourth-order valence-corrected chi connectivity index (χ4v) is 1.70. The van der Waals surface area contributed by atoms with E-state index in [1.54, 1.807) is 6.21 Å². The number of pyridine rings is 1. The summed E-state index contributed by atoms with van der Waals surface area (Å²) >= 11 is 0. The molecule has 0 fully saturated rings. The van der Waals surface area contributed by atoms with Crippen LogP contribution in [0.5, 0.6) is 0 Å². The highest BCUT2D eigenvalue weighted by Crippen LogP contribution is 2.14. The highest BCUT2D eigenvalue weighted by molar-refractivity contribution is 5.80. The molecule has 2 aromatic rings. The minimum absolute atomic E-state index is 0.0474. The van der Waals surface area contributed by atoms with Gasteiger partial charge in [-0.05, 0) is 23.1 Å². The van der Waals surface area contributed by atoms with Gasteiger partial charge < -0.3 is 0 Å². The van der Waals surface area contributed by atoms with Gasteiger partial charge in [-0.2, -0.15) is 5.10 Å². The van der Waals surface area contributed by atoms with Crippen LogP contribution in [0, 0.1) is 10.1 Å². The maximum absolute atomic E-state index is 10.5. The van der Waals surface area contributed by atoms with Crippen LogP contribution in [0.15, 0.2) is 47.7 Å². The van der Waals surface area contributed by atoms with E-state index in [1.807, 2.05) is 12.1 Å². The number of hydrogen-bond donors (Lipinski definition) is 1. The van der Waals surface area contributed by atoms with Gasteiger partial charge >= 0.3 is 0 Å². The van der Waals surface area contributed by atoms with Crippen LogP contribution in [0.3, 0.4) is 0 Å². The van der Waals surface area contributed by atoms with Crippen molar-refractivity contribution in [2.75, 3.05) is 5.43 Å². The van der Waals surface area contributed by atoms with Crippen molar-refractivity contribution in [1.82, 2.24) is 4.98 Å². The summed E-state index contributed by atoms with van der Waals surface area (Å²) in [5.41, 5.74) is 4.93. The van der Waals surface area contributed by atoms with Gasteiger partial charge in [-0.25, -0.2) is 4.98 Å². The third-order valence-corrected chi connectivity index (χ3v) is 2.95. The zero-order valence-corrected chi connectivity index (χ0v) is 11.9. The first-order chi connectivity index (χ1) is 10.1. The topological polar surface area (TPSA) is 80.4 Å². The molecule has 0 bridgehead atoms. The summed E-state index contributed by atoms with van der Waals surface area (Å²) in [4.78, 5) is 13.9. The lowest BCUT2D eigenvalue weighted by Crippen LogP contribution is -1.95. The van der Waals surface area contributed by atoms with E-state index in [-0.39, 0.29) is 5.69 Å². The summed E-state index contributed by atoms with van der Waals surface area (Å²) in [5, 5.41) is 14.6. The molecule has 0 unspecified atom stereocenters. The SMILES string of the molecule is CC(C)c1ccc(/C=N/Nc2ccc([N+](=O)[O-])cn2)cc1. The molecule has 0 radical (unpaired) electrons. The Balaban J connectivity index is 1.97. The lowest BCUT2D eigenvalue weighted by atomic mass is 10.0. The Morgan fingerprint density at radius 3 is 2.48 bits per heavy atom. The summed E-state index contributed by atoms with van der Waals surface area (Å²) in [6, 6.07) is 11.0. The number of benzene rings is 1. The number of nitrogens with one attached hydrogen (secondary N) is 1. The van der Waals surface area contributed by atoms with Crippen molar-refractivity contribution >= 4 is 17.7 Å². The zero-order chi connectivity index (χ0) is 15.2. The normalized spacial score (nSPS) is 11.0. The fourth-order valence-electron chi connectivity index (χ4n) is 1.70. The van der Waals surface area contributed by atoms with Crippen LogP contribution in [0.25, 0.3) is 0 Å². The standard InChI is InChI=1S/C15H16N4O2/c1-11(2)13-5-3-12(4-6-13)9-17-18-15-8-7-14(10-16-15)19(20)21/h3-11H,1-2H3,(H,16,18)/b17-9+. The number of anilines is 1. The second kappa shape index (κ2) is 6.60. The van der Waals surface area contributed by atoms with E-state index in [0.29, 0.717) is 11.7 Å². The predicted octanol–water partition coefficient (Wildman–Crippen LogP) is 3.56. The molecule has 21 heavy (non-hydrogen) atoms. The average Bonchev–Trinajstić information content (AvgIpc) is 2.48. The number of nitro groups is 1. The smallest absolute Gasteiger partial charge is 0.261 e. The molecule has 1 heterocycles. The first kappa shape index (κ1) is 14.6. The second-order valence-electron chi connectivity index (χ2n) is 4.85. The number of hydrogen-bond acceptors (Lipinski definition) is 5. The Bertz CT molecular complexity index is 634. The molecule has 0 spiro atoms. The molecule has 0 atom stereocenters. The maximum atomic E-state index is 10.5. The van der Waals surface area contributed by atoms with E-state index in [1.165, 1.54) is 23.9 Å². The van der Waals surface area contributed by atoms with Gasteiger partial charge in [0.05, 0.1) is 11.1 Å². The highest BCUT2D eigenvalue weighted by Gasteiger charge is 2.04. The molecule has 1 aromatic heterocycles. The van der Waals surface area contributed by atoms with Gasteiger partial charge in [0.25, 0.3) is 5.69 Å². The van der Waals surface area contributed by atoms with E-state index < -0.39 is 4.92 Å². The largest absolute Gasteiger partial charge is 0.287 e. The molecule has 6 heteroatoms. The third kappa shape index (κ3) is 4.10. The molecule has 0 amide bonds. The minimum Gasteiger partial charge on any atom is -0.261 e. The van der Waals surface area contributed by atoms with Crippen LogP contribution in [-0.2, 0) is 0 Å². The summed E-state index contributed by atoms with van der Waals surface area (Å²) < 4.78 is 0. The van der Waals surface area contributed by atoms with Gasteiger partial charge in [-0.15, -0.1) is 0 Å². The van der Waals surface area contributed by atoms with Crippen LogP contribution in [0.2, 0.25) is 0 Å². The molecule has 2 rings (SSSR count). The summed E-state index contributed by atoms with van der Waals surface area (Å²) in [6.45, 7) is 4.29. The lowest BCUT2D eigenvalue weighted by molar-refractivity contribution is -0.385. The van der Waals surface area contributed by atoms with Crippen molar-refractivity contribution in [1.29, 1.82) is 0 Å². The summed E-state index contributed by atoms with van der Waals surface area (Å²) in [7, 11) is 0. The van der Waals surface area contributed by atoms with E-state index in [9.17, 15) is 10.1 Å². The number of aromatic nitrogens is 1. The van der Waals surface area contributed by atoms with Crippen molar-refractivity contribution in [3.63, 3.8) is 0 Å². The van der Waals surface area contributed by atoms with Crippen LogP contribution >= 0.6 is 0 Å². The van der Waals surface area contributed by atoms with Crippen LogP contribution < -0.4 is 5.43 Å². The first-order valence-corrected chi connectivity index (χ1v) is 6.56. The van der Waals surface area contributed by atoms with E-state index >= 15 is 0 Å². The Hall–Kier alpha value is -2.76. The second-order valence-corrected chi connectivity index (χ2v) is 4.85. The molecular weight excluding hydrogens is 268 g/mol. The molecular formula is C15H16N4O2. The predicted molar refractivity (Wildman–Crippen MR) is 82.6 cm³/mol. The molecule has 0 saturated heterocycles. The monoisotopic (exact) mass is 284 g/mol. The average molecular weight is 284 g/mol. The molecule has 0 aliphatic heterocycles. The number of nitrogens with zero attached hydrogens (tertiary/aromatic N) is 3. The van der Waals surface area contributed by atoms with Crippen molar-refractivity contribution < 1.29 is 4.92 Å². The lowest BCUT2D eigenvalue weighted by Gasteiger charge is -2.04. The summed E-state index contributed by atoms with van der Waals surface area (Å²) in [6.07, 6.45) is 2.86. The van der Waals surface area contributed by atoms with Crippen molar-refractivity contribution in [2.45, 2.75) is 19.8 Å². The molecule has 108 valence electrons. The quantitative estimate of drug-likeness (QED) is 0.517. The third-order valence-electron chi connectivity index (χ3n) is 2.95. The molecule has 0 saturated carbocycles. The minimum atomic E-state index is -0.490. The van der Waals surface area contributed by atoms with Crippen LogP contribution in [0.1, 0.15) is 30.9 Å². The van der Waals surface area contributed by atoms with Gasteiger partial charge in [0, 0.05) is 6.07 Å². The van der Waals surface area contributed by atoms with Gasteiger partial charge in [0.1, 0.15) is 12.0 Å². The van der Waals surface area contributed by atoms with Crippen molar-refractivity contribution in [3.05, 3.63) is 63.8 Å². The summed E-state index contributed by atoms with van der Waals surface area (Å²) in [5.74, 6) is 0.953. The van der Waals surface area contributed by atoms with Gasteiger partial charge in [0.2, 0.25) is 0 Å². The Morgan fingerprint density at radius 2 is 1.95 bits per heavy atom. The highest BCUT2D eigenvalue weighted by atomic mass is 16.6. The molecule has 6 nitrogen and oxygen atoms in total. The van der Waals surface area contributed by atoms with E-state index in [4.69, 9.17) is 0 Å². The molecule has 1 N–H and O–H groups in total. The van der Waals surface area contributed by atoms with Crippen LogP contribution in [0.4, 0.5) is 11.5 Å². The first-order valence-electron chi connectivity index (χ1n) is 6.56. The molecule has 0 aliphatic carbocycles. The van der Waals surface area contributed by atoms with Gasteiger partial charge in [-0.1, -0.05) is 38.1 Å². The fraction of sp³-hybridized carbons (Fsp3) is 0.200. The Kier molecular flexibility index (Phi) is 4.61. The van der Waals surface area contributed by atoms with Crippen LogP contribution in [-0.4, -0.2) is 16.1 Å².